The minimum absolute atomic E-state index is 0.0511. The molecule has 4 heteroatoms. The van der Waals surface area contributed by atoms with Crippen molar-refractivity contribution < 1.29 is 14.3 Å². The number of carbonyl (C=O) groups is 1. The molecule has 0 radical (unpaired) electrons. The molecule has 2 unspecified atom stereocenters. The second kappa shape index (κ2) is 10.9. The molecule has 118 valence electrons. The Morgan fingerprint density at radius 1 is 1.35 bits per heavy atom. The molecule has 0 aromatic heterocycles. The van der Waals surface area contributed by atoms with Gasteiger partial charge in [0.15, 0.2) is 0 Å². The fourth-order valence-corrected chi connectivity index (χ4v) is 2.05. The highest BCUT2D eigenvalue weighted by Gasteiger charge is 2.21. The Kier molecular flexibility index (Phi) is 10.4. The lowest BCUT2D eigenvalue weighted by Gasteiger charge is -2.32. The van der Waals surface area contributed by atoms with Crippen molar-refractivity contribution in [2.45, 2.75) is 53.2 Å². The lowest BCUT2D eigenvalue weighted by Crippen LogP contribution is -2.39. The van der Waals surface area contributed by atoms with Crippen LogP contribution in [0.4, 0.5) is 0 Å². The van der Waals surface area contributed by atoms with Crippen LogP contribution in [0.25, 0.3) is 0 Å². The summed E-state index contributed by atoms with van der Waals surface area (Å²) in [4.78, 5) is 13.3. The maximum absolute atomic E-state index is 11.1. The van der Waals surface area contributed by atoms with E-state index in [1.807, 2.05) is 0 Å². The van der Waals surface area contributed by atoms with Crippen molar-refractivity contribution in [3.05, 3.63) is 11.6 Å². The molecular formula is C16H31NO3. The van der Waals surface area contributed by atoms with Crippen molar-refractivity contribution in [3.63, 3.8) is 0 Å². The summed E-state index contributed by atoms with van der Waals surface area (Å²) in [6.07, 6.45) is 4.77. The van der Waals surface area contributed by atoms with Gasteiger partial charge in [0.05, 0.1) is 20.1 Å². The number of allylic oxidation sites excluding steroid dienone is 2. The maximum Gasteiger partial charge on any atom is 0.307 e. The number of methoxy groups -OCH3 is 1. The number of ether oxygens (including phenoxy) is 2. The molecule has 0 fully saturated rings. The van der Waals surface area contributed by atoms with E-state index in [0.717, 1.165) is 19.4 Å². The molecule has 0 aliphatic carbocycles. The fourth-order valence-electron chi connectivity index (χ4n) is 2.05. The third-order valence-electron chi connectivity index (χ3n) is 3.42. The molecule has 0 amide bonds. The molecule has 0 saturated heterocycles. The van der Waals surface area contributed by atoms with Crippen LogP contribution in [0.15, 0.2) is 11.6 Å². The van der Waals surface area contributed by atoms with Gasteiger partial charge < -0.3 is 9.47 Å². The Balaban J connectivity index is 4.32. The number of nitrogens with zero attached hydrogens (tertiary/aromatic N) is 1. The van der Waals surface area contributed by atoms with Gasteiger partial charge in [-0.1, -0.05) is 25.5 Å². The zero-order chi connectivity index (χ0) is 15.5. The lowest BCUT2D eigenvalue weighted by molar-refractivity contribution is -0.144. The van der Waals surface area contributed by atoms with Gasteiger partial charge in [-0.15, -0.1) is 0 Å². The summed E-state index contributed by atoms with van der Waals surface area (Å²) < 4.78 is 10.5. The third kappa shape index (κ3) is 8.33. The Morgan fingerprint density at radius 3 is 2.50 bits per heavy atom. The maximum atomic E-state index is 11.1. The van der Waals surface area contributed by atoms with Crippen molar-refractivity contribution in [2.24, 2.45) is 5.92 Å². The van der Waals surface area contributed by atoms with Crippen LogP contribution >= 0.6 is 0 Å². The molecule has 0 bridgehead atoms. The normalized spacial score (nSPS) is 13.9. The van der Waals surface area contributed by atoms with E-state index in [2.05, 4.69) is 50.5 Å². The summed E-state index contributed by atoms with van der Waals surface area (Å²) >= 11 is 0. The van der Waals surface area contributed by atoms with Crippen molar-refractivity contribution in [3.8, 4) is 0 Å². The van der Waals surface area contributed by atoms with E-state index in [-0.39, 0.29) is 12.2 Å². The second-order valence-corrected chi connectivity index (χ2v) is 5.50. The van der Waals surface area contributed by atoms with Crippen molar-refractivity contribution >= 4 is 5.97 Å². The van der Waals surface area contributed by atoms with Gasteiger partial charge in [-0.2, -0.15) is 0 Å². The van der Waals surface area contributed by atoms with Crippen LogP contribution in [-0.2, 0) is 14.3 Å². The van der Waals surface area contributed by atoms with Crippen molar-refractivity contribution in [1.82, 2.24) is 4.90 Å². The fraction of sp³-hybridized carbons (Fsp3) is 0.812. The van der Waals surface area contributed by atoms with E-state index in [9.17, 15) is 4.79 Å². The molecule has 0 aromatic rings. The van der Waals surface area contributed by atoms with Gasteiger partial charge in [-0.3, -0.25) is 9.69 Å². The lowest BCUT2D eigenvalue weighted by atomic mass is 10.0. The predicted molar refractivity (Wildman–Crippen MR) is 82.5 cm³/mol. The van der Waals surface area contributed by atoms with Crippen molar-refractivity contribution in [2.75, 3.05) is 27.3 Å². The highest BCUT2D eigenvalue weighted by molar-refractivity contribution is 5.69. The SMILES string of the molecule is CCN(C)C(OCCC(=O)OC)C(C)CCC=C(C)C. The Bertz CT molecular complexity index is 298. The van der Waals surface area contributed by atoms with Crippen LogP contribution in [0.3, 0.4) is 0 Å². The van der Waals surface area contributed by atoms with E-state index in [1.165, 1.54) is 12.7 Å². The predicted octanol–water partition coefficient (Wildman–Crippen LogP) is 3.23. The summed E-state index contributed by atoms with van der Waals surface area (Å²) in [5.74, 6) is 0.202. The smallest absolute Gasteiger partial charge is 0.307 e. The largest absolute Gasteiger partial charge is 0.469 e. The molecule has 0 N–H and O–H groups in total. The molecule has 0 heterocycles. The first-order valence-electron chi connectivity index (χ1n) is 7.44. The van der Waals surface area contributed by atoms with E-state index in [4.69, 9.17) is 4.74 Å². The summed E-state index contributed by atoms with van der Waals surface area (Å²) in [6.45, 7) is 9.89. The minimum atomic E-state index is -0.222. The van der Waals surface area contributed by atoms with Gasteiger partial charge >= 0.3 is 5.97 Å². The van der Waals surface area contributed by atoms with Crippen LogP contribution in [-0.4, -0.2) is 44.4 Å². The highest BCUT2D eigenvalue weighted by Crippen LogP contribution is 2.18. The number of esters is 1. The van der Waals surface area contributed by atoms with Crippen LogP contribution in [0, 0.1) is 5.92 Å². The molecule has 0 aliphatic heterocycles. The zero-order valence-corrected chi connectivity index (χ0v) is 13.9. The number of carbonyl (C=O) groups excluding carboxylic acids is 1. The Hall–Kier alpha value is -0.870. The van der Waals surface area contributed by atoms with E-state index in [0.29, 0.717) is 18.9 Å². The number of hydrogen-bond acceptors (Lipinski definition) is 4. The Morgan fingerprint density at radius 2 is 2.00 bits per heavy atom. The van der Waals surface area contributed by atoms with E-state index in [1.54, 1.807) is 0 Å². The third-order valence-corrected chi connectivity index (χ3v) is 3.42. The molecule has 4 nitrogen and oxygen atoms in total. The molecule has 2 atom stereocenters. The number of hydrogen-bond donors (Lipinski definition) is 0. The monoisotopic (exact) mass is 285 g/mol. The zero-order valence-electron chi connectivity index (χ0n) is 13.9. The average molecular weight is 285 g/mol. The van der Waals surface area contributed by atoms with Crippen LogP contribution < -0.4 is 0 Å². The topological polar surface area (TPSA) is 38.8 Å². The number of rotatable bonds is 10. The first kappa shape index (κ1) is 19.1. The van der Waals surface area contributed by atoms with E-state index >= 15 is 0 Å². The van der Waals surface area contributed by atoms with Gasteiger partial charge in [0.25, 0.3) is 0 Å². The molecule has 0 spiro atoms. The molecule has 0 saturated carbocycles. The second-order valence-electron chi connectivity index (χ2n) is 5.50. The summed E-state index contributed by atoms with van der Waals surface area (Å²) in [6, 6.07) is 0. The van der Waals surface area contributed by atoms with Crippen LogP contribution in [0.1, 0.15) is 47.0 Å². The van der Waals surface area contributed by atoms with Crippen molar-refractivity contribution in [1.29, 1.82) is 0 Å². The summed E-state index contributed by atoms with van der Waals surface area (Å²) in [5.41, 5.74) is 1.35. The molecular weight excluding hydrogens is 254 g/mol. The highest BCUT2D eigenvalue weighted by atomic mass is 16.5. The summed E-state index contributed by atoms with van der Waals surface area (Å²) in [7, 11) is 3.46. The van der Waals surface area contributed by atoms with Gasteiger partial charge in [0.1, 0.15) is 6.23 Å². The Labute approximate surface area is 124 Å². The quantitative estimate of drug-likeness (QED) is 0.351. The molecule has 0 aliphatic rings. The average Bonchev–Trinajstić information content (AvgIpc) is 2.41. The minimum Gasteiger partial charge on any atom is -0.469 e. The molecule has 20 heavy (non-hydrogen) atoms. The molecule has 0 rings (SSSR count). The van der Waals surface area contributed by atoms with Gasteiger partial charge in [0, 0.05) is 0 Å². The van der Waals surface area contributed by atoms with Gasteiger partial charge in [-0.25, -0.2) is 0 Å². The van der Waals surface area contributed by atoms with Gasteiger partial charge in [0.2, 0.25) is 0 Å². The van der Waals surface area contributed by atoms with E-state index < -0.39 is 0 Å². The first-order valence-corrected chi connectivity index (χ1v) is 7.44. The standard InChI is InChI=1S/C16H31NO3/c1-7-17(5)16(20-12-11-15(18)19-6)14(4)10-8-9-13(2)3/h9,14,16H,7-8,10-12H2,1-6H3. The molecule has 0 aromatic carbocycles. The summed E-state index contributed by atoms with van der Waals surface area (Å²) in [5, 5.41) is 0. The van der Waals surface area contributed by atoms with Gasteiger partial charge in [-0.05, 0) is 46.2 Å². The van der Waals surface area contributed by atoms with Crippen LogP contribution in [0.5, 0.6) is 0 Å². The first-order chi connectivity index (χ1) is 9.42. The van der Waals surface area contributed by atoms with Crippen LogP contribution in [0.2, 0.25) is 0 Å².